The quantitative estimate of drug-likeness (QED) is 0.641. The number of nitrogens with zero attached hydrogens (tertiary/aromatic N) is 2. The monoisotopic (exact) mass is 367 g/mol. The van der Waals surface area contributed by atoms with Gasteiger partial charge in [0, 0.05) is 35.8 Å². The van der Waals surface area contributed by atoms with Crippen LogP contribution in [0.1, 0.15) is 16.9 Å². The van der Waals surface area contributed by atoms with E-state index >= 15 is 0 Å². The van der Waals surface area contributed by atoms with Crippen molar-refractivity contribution in [2.75, 3.05) is 18.0 Å². The lowest BCUT2D eigenvalue weighted by Gasteiger charge is -2.25. The molecule has 0 unspecified atom stereocenters. The highest BCUT2D eigenvalue weighted by Crippen LogP contribution is 2.37. The number of hydrogen-bond donors (Lipinski definition) is 1. The van der Waals surface area contributed by atoms with E-state index in [4.69, 9.17) is 0 Å². The maximum Gasteiger partial charge on any atom is 0.427 e. The molecule has 3 aromatic rings. The Morgan fingerprint density at radius 3 is 2.76 bits per heavy atom. The Kier molecular flexibility index (Phi) is 3.79. The zero-order valence-corrected chi connectivity index (χ0v) is 13.7. The number of rotatable bonds is 2. The average Bonchev–Trinajstić information content (AvgIpc) is 3.21. The number of hydrogen-bond acceptors (Lipinski definition) is 3. The van der Waals surface area contributed by atoms with Crippen molar-refractivity contribution >= 4 is 32.9 Å². The third kappa shape index (κ3) is 3.02. The second-order valence-corrected chi connectivity index (χ2v) is 6.83. The van der Waals surface area contributed by atoms with Crippen LogP contribution in [0.2, 0.25) is 0 Å². The van der Waals surface area contributed by atoms with E-state index in [1.54, 1.807) is 6.07 Å². The minimum Gasteiger partial charge on any atom is -0.360 e. The first kappa shape index (κ1) is 16.1. The first-order valence-electron chi connectivity index (χ1n) is 7.66. The van der Waals surface area contributed by atoms with Gasteiger partial charge in [-0.2, -0.15) is 13.2 Å². The molecule has 0 atom stereocenters. The fourth-order valence-corrected chi connectivity index (χ4v) is 3.81. The first-order chi connectivity index (χ1) is 11.9. The van der Waals surface area contributed by atoms with E-state index in [1.165, 1.54) is 12.1 Å². The Morgan fingerprint density at radius 2 is 2.08 bits per heavy atom. The van der Waals surface area contributed by atoms with Gasteiger partial charge in [0.1, 0.15) is 10.7 Å². The van der Waals surface area contributed by atoms with Gasteiger partial charge in [-0.1, -0.05) is 17.4 Å². The maximum atomic E-state index is 13.3. The molecule has 2 aromatic heterocycles. The van der Waals surface area contributed by atoms with Crippen LogP contribution >= 0.6 is 11.3 Å². The average molecular weight is 367 g/mol. The number of nitrogens with one attached hydrogen (secondary N) is 1. The maximum absolute atomic E-state index is 13.3. The fraction of sp³-hybridized carbons (Fsp3) is 0.235. The minimum atomic E-state index is -4.36. The van der Waals surface area contributed by atoms with E-state index in [0.29, 0.717) is 36.0 Å². The van der Waals surface area contributed by atoms with Crippen molar-refractivity contribution < 1.29 is 17.6 Å². The summed E-state index contributed by atoms with van der Waals surface area (Å²) in [6.07, 6.45) is 1.05. The topological polar surface area (TPSA) is 31.9 Å². The lowest BCUT2D eigenvalue weighted by molar-refractivity contribution is -0.134. The second-order valence-electron chi connectivity index (χ2n) is 5.82. The fourth-order valence-electron chi connectivity index (χ4n) is 2.99. The summed E-state index contributed by atoms with van der Waals surface area (Å²) in [5.74, 6) is -0.297. The van der Waals surface area contributed by atoms with E-state index in [1.807, 2.05) is 17.2 Å². The summed E-state index contributed by atoms with van der Waals surface area (Å²) in [6, 6.07) is 4.60. The van der Waals surface area contributed by atoms with Crippen LogP contribution in [0.25, 0.3) is 16.5 Å². The highest BCUT2D eigenvalue weighted by molar-refractivity contribution is 7.15. The Hall–Kier alpha value is -2.35. The summed E-state index contributed by atoms with van der Waals surface area (Å²) in [5, 5.41) is 1.32. The number of aromatic amines is 1. The van der Waals surface area contributed by atoms with Crippen molar-refractivity contribution in [2.24, 2.45) is 0 Å². The number of aromatic nitrogens is 2. The van der Waals surface area contributed by atoms with Gasteiger partial charge in [-0.3, -0.25) is 0 Å². The molecule has 8 heteroatoms. The van der Waals surface area contributed by atoms with E-state index in [0.717, 1.165) is 28.2 Å². The molecule has 4 rings (SSSR count). The van der Waals surface area contributed by atoms with Gasteiger partial charge in [0.2, 0.25) is 0 Å². The zero-order valence-electron chi connectivity index (χ0n) is 12.9. The Labute approximate surface area is 144 Å². The Bertz CT molecular complexity index is 954. The van der Waals surface area contributed by atoms with Gasteiger partial charge in [-0.05, 0) is 30.2 Å². The molecule has 3 heterocycles. The number of alkyl halides is 3. The normalized spacial score (nSPS) is 15.7. The van der Waals surface area contributed by atoms with E-state index in [9.17, 15) is 17.6 Å². The predicted octanol–water partition coefficient (Wildman–Crippen LogP) is 5.08. The summed E-state index contributed by atoms with van der Waals surface area (Å²) < 4.78 is 51.4. The van der Waals surface area contributed by atoms with Crippen LogP contribution in [0.15, 0.2) is 36.7 Å². The summed E-state index contributed by atoms with van der Waals surface area (Å²) >= 11 is 0.662. The summed E-state index contributed by atoms with van der Waals surface area (Å²) in [7, 11) is 0. The molecule has 25 heavy (non-hydrogen) atoms. The standard InChI is InChI=1S/C17H13F4N3S/c18-11-1-2-12-13(8-22-14(12)7-11)10-3-5-24(6-4-10)16-23-9-15(25-16)17(19,20)21/h1-3,7-9,22H,4-6H2. The van der Waals surface area contributed by atoms with Gasteiger partial charge in [-0.25, -0.2) is 9.37 Å². The molecular weight excluding hydrogens is 354 g/mol. The molecule has 0 saturated carbocycles. The highest BCUT2D eigenvalue weighted by atomic mass is 32.1. The van der Waals surface area contributed by atoms with E-state index in [-0.39, 0.29) is 5.82 Å². The SMILES string of the molecule is Fc1ccc2c(C3=CCN(c4ncc(C(F)(F)F)s4)CC3)c[nH]c2c1. The molecule has 130 valence electrons. The summed E-state index contributed by atoms with van der Waals surface area (Å²) in [6.45, 7) is 1.08. The van der Waals surface area contributed by atoms with Gasteiger partial charge >= 0.3 is 6.18 Å². The van der Waals surface area contributed by atoms with Crippen molar-refractivity contribution in [3.8, 4) is 0 Å². The number of benzene rings is 1. The van der Waals surface area contributed by atoms with Crippen LogP contribution in [-0.2, 0) is 6.18 Å². The van der Waals surface area contributed by atoms with E-state index in [2.05, 4.69) is 9.97 Å². The van der Waals surface area contributed by atoms with Crippen molar-refractivity contribution in [1.29, 1.82) is 0 Å². The van der Waals surface area contributed by atoms with Crippen LogP contribution in [0.5, 0.6) is 0 Å². The molecule has 1 aliphatic heterocycles. The summed E-state index contributed by atoms with van der Waals surface area (Å²) in [5.41, 5.74) is 2.83. The number of halogens is 4. The van der Waals surface area contributed by atoms with Crippen LogP contribution in [0, 0.1) is 5.82 Å². The highest BCUT2D eigenvalue weighted by Gasteiger charge is 2.34. The van der Waals surface area contributed by atoms with E-state index < -0.39 is 11.1 Å². The van der Waals surface area contributed by atoms with Crippen LogP contribution in [0.4, 0.5) is 22.7 Å². The van der Waals surface area contributed by atoms with Gasteiger partial charge in [0.15, 0.2) is 5.13 Å². The predicted molar refractivity (Wildman–Crippen MR) is 90.2 cm³/mol. The lowest BCUT2D eigenvalue weighted by Crippen LogP contribution is -2.27. The molecule has 1 aliphatic rings. The minimum absolute atomic E-state index is 0.297. The Morgan fingerprint density at radius 1 is 1.24 bits per heavy atom. The van der Waals surface area contributed by atoms with Crippen molar-refractivity contribution in [3.63, 3.8) is 0 Å². The number of anilines is 1. The van der Waals surface area contributed by atoms with Crippen molar-refractivity contribution in [2.45, 2.75) is 12.6 Å². The summed E-state index contributed by atoms with van der Waals surface area (Å²) in [4.78, 5) is 8.11. The Balaban J connectivity index is 1.56. The van der Waals surface area contributed by atoms with Gasteiger partial charge in [0.05, 0.1) is 6.20 Å². The molecule has 0 aliphatic carbocycles. The second kappa shape index (κ2) is 5.87. The molecule has 1 N–H and O–H groups in total. The van der Waals surface area contributed by atoms with Crippen LogP contribution in [0.3, 0.4) is 0 Å². The van der Waals surface area contributed by atoms with Gasteiger partial charge in [0.25, 0.3) is 0 Å². The number of thiazole rings is 1. The number of fused-ring (bicyclic) bond motifs is 1. The molecule has 3 nitrogen and oxygen atoms in total. The lowest BCUT2D eigenvalue weighted by atomic mass is 9.99. The van der Waals surface area contributed by atoms with Gasteiger partial charge < -0.3 is 9.88 Å². The third-order valence-corrected chi connectivity index (χ3v) is 5.35. The van der Waals surface area contributed by atoms with Crippen LogP contribution < -0.4 is 4.90 Å². The molecule has 0 radical (unpaired) electrons. The smallest absolute Gasteiger partial charge is 0.360 e. The van der Waals surface area contributed by atoms with Crippen molar-refractivity contribution in [3.05, 3.63) is 52.9 Å². The van der Waals surface area contributed by atoms with Gasteiger partial charge in [-0.15, -0.1) is 0 Å². The zero-order chi connectivity index (χ0) is 17.6. The molecule has 0 saturated heterocycles. The largest absolute Gasteiger partial charge is 0.427 e. The third-order valence-electron chi connectivity index (χ3n) is 4.24. The number of H-pyrrole nitrogens is 1. The molecule has 0 fully saturated rings. The molecular formula is C17H13F4N3S. The van der Waals surface area contributed by atoms with Crippen LogP contribution in [-0.4, -0.2) is 23.1 Å². The van der Waals surface area contributed by atoms with Crippen molar-refractivity contribution in [1.82, 2.24) is 9.97 Å². The molecule has 0 spiro atoms. The first-order valence-corrected chi connectivity index (χ1v) is 8.47. The molecule has 1 aromatic carbocycles. The molecule has 0 bridgehead atoms. The molecule has 0 amide bonds.